The molecule has 1 atom stereocenters. The van der Waals surface area contributed by atoms with E-state index in [4.69, 9.17) is 0 Å². The molecule has 2 aromatic carbocycles. The summed E-state index contributed by atoms with van der Waals surface area (Å²) < 4.78 is 31.2. The quantitative estimate of drug-likeness (QED) is 0.258. The van der Waals surface area contributed by atoms with Gasteiger partial charge < -0.3 is 4.55 Å². The summed E-state index contributed by atoms with van der Waals surface area (Å²) in [6, 6.07) is 17.0. The Morgan fingerprint density at radius 1 is 0.897 bits per heavy atom. The highest BCUT2D eigenvalue weighted by atomic mass is 32.2. The number of hydrogen-bond donors (Lipinski definition) is 0. The summed E-state index contributed by atoms with van der Waals surface area (Å²) in [4.78, 5) is 1.44. The maximum atomic E-state index is 10.4. The van der Waals surface area contributed by atoms with Crippen LogP contribution in [0, 0.1) is 6.92 Å². The second-order valence-electron chi connectivity index (χ2n) is 7.68. The molecule has 0 aromatic heterocycles. The molecule has 1 unspecified atom stereocenters. The zero-order valence-corrected chi connectivity index (χ0v) is 19.3. The first-order valence-electron chi connectivity index (χ1n) is 10.7. The average Bonchev–Trinajstić information content (AvgIpc) is 3.53. The van der Waals surface area contributed by atoms with Crippen molar-refractivity contribution in [2.24, 2.45) is 0 Å². The van der Waals surface area contributed by atoms with Gasteiger partial charge in [0.25, 0.3) is 0 Å². The van der Waals surface area contributed by atoms with Crippen molar-refractivity contribution in [3.8, 4) is 0 Å². The van der Waals surface area contributed by atoms with Gasteiger partial charge in [0.2, 0.25) is 0 Å². The molecule has 1 saturated carbocycles. The van der Waals surface area contributed by atoms with Crippen molar-refractivity contribution in [1.82, 2.24) is 0 Å². The highest BCUT2D eigenvalue weighted by Crippen LogP contribution is 2.36. The third-order valence-corrected chi connectivity index (χ3v) is 8.73. The maximum absolute atomic E-state index is 10.4. The molecule has 3 rings (SSSR count). The van der Waals surface area contributed by atoms with Crippen LogP contribution in [0.4, 0.5) is 0 Å². The lowest BCUT2D eigenvalue weighted by Gasteiger charge is -2.07. The third kappa shape index (κ3) is 9.37. The standard InChI is InChI=1S/C17H27S.C7H8O3S/c1-2-3-4-5-6-10-15-18(17-13-14-17)16-11-8-7-9-12-16;1-6-2-4-7(5-3-6)11(8,9)10/h7-9,11-12,17H,2-6,10,13-15H2,1H3;2-5H,1H3,(H,8,9,10)/q+1;/p-1. The zero-order chi connectivity index (χ0) is 21.1. The Labute approximate surface area is 180 Å². The summed E-state index contributed by atoms with van der Waals surface area (Å²) >= 11 is 0. The van der Waals surface area contributed by atoms with Crippen molar-refractivity contribution < 1.29 is 13.0 Å². The molecular weight excluding hydrogens is 400 g/mol. The van der Waals surface area contributed by atoms with E-state index in [0.717, 1.165) is 10.8 Å². The monoisotopic (exact) mass is 434 g/mol. The van der Waals surface area contributed by atoms with Crippen LogP contribution in [-0.4, -0.2) is 24.0 Å². The molecule has 0 bridgehead atoms. The zero-order valence-electron chi connectivity index (χ0n) is 17.7. The van der Waals surface area contributed by atoms with Crippen molar-refractivity contribution in [1.29, 1.82) is 0 Å². The van der Waals surface area contributed by atoms with Gasteiger partial charge in [-0.3, -0.25) is 0 Å². The van der Waals surface area contributed by atoms with Crippen LogP contribution in [0.25, 0.3) is 0 Å². The predicted molar refractivity (Wildman–Crippen MR) is 122 cm³/mol. The normalized spacial score (nSPS) is 14.7. The Hall–Kier alpha value is -1.30. The van der Waals surface area contributed by atoms with Gasteiger partial charge in [0.15, 0.2) is 4.90 Å². The molecule has 1 fully saturated rings. The molecule has 0 saturated heterocycles. The highest BCUT2D eigenvalue weighted by molar-refractivity contribution is 7.97. The number of hydrogen-bond acceptors (Lipinski definition) is 3. The third-order valence-electron chi connectivity index (χ3n) is 5.00. The van der Waals surface area contributed by atoms with E-state index >= 15 is 0 Å². The molecular formula is C24H34O3S2. The lowest BCUT2D eigenvalue weighted by Crippen LogP contribution is -2.13. The lowest BCUT2D eigenvalue weighted by molar-refractivity contribution is 0.463. The van der Waals surface area contributed by atoms with Gasteiger partial charge in [-0.1, -0.05) is 68.5 Å². The van der Waals surface area contributed by atoms with E-state index < -0.39 is 10.1 Å². The Morgan fingerprint density at radius 3 is 2.03 bits per heavy atom. The van der Waals surface area contributed by atoms with Crippen molar-refractivity contribution in [3.05, 3.63) is 60.2 Å². The van der Waals surface area contributed by atoms with Gasteiger partial charge in [0.05, 0.1) is 4.90 Å². The predicted octanol–water partition coefficient (Wildman–Crippen LogP) is 6.09. The van der Waals surface area contributed by atoms with Gasteiger partial charge in [0.1, 0.15) is 21.1 Å². The van der Waals surface area contributed by atoms with Crippen LogP contribution in [-0.2, 0) is 21.0 Å². The number of rotatable bonds is 10. The largest absolute Gasteiger partial charge is 0.744 e. The number of aryl methyl sites for hydroxylation is 1. The molecule has 3 nitrogen and oxygen atoms in total. The average molecular weight is 435 g/mol. The lowest BCUT2D eigenvalue weighted by atomic mass is 10.1. The molecule has 160 valence electrons. The summed E-state index contributed by atoms with van der Waals surface area (Å²) in [5.41, 5.74) is 0.928. The molecule has 1 aliphatic rings. The number of benzene rings is 2. The second kappa shape index (κ2) is 12.4. The molecule has 0 aliphatic heterocycles. The summed E-state index contributed by atoms with van der Waals surface area (Å²) in [7, 11) is -3.71. The van der Waals surface area contributed by atoms with E-state index in [-0.39, 0.29) is 4.90 Å². The van der Waals surface area contributed by atoms with Gasteiger partial charge in [-0.05, 0) is 44.0 Å². The first-order chi connectivity index (χ1) is 13.9. The van der Waals surface area contributed by atoms with Gasteiger partial charge in [-0.25, -0.2) is 8.42 Å². The van der Waals surface area contributed by atoms with Crippen LogP contribution >= 0.6 is 0 Å². The van der Waals surface area contributed by atoms with Crippen LogP contribution in [0.1, 0.15) is 63.9 Å². The van der Waals surface area contributed by atoms with Crippen LogP contribution < -0.4 is 0 Å². The molecule has 0 radical (unpaired) electrons. The Morgan fingerprint density at radius 2 is 1.48 bits per heavy atom. The highest BCUT2D eigenvalue weighted by Gasteiger charge is 2.41. The van der Waals surface area contributed by atoms with Crippen molar-refractivity contribution in [3.63, 3.8) is 0 Å². The van der Waals surface area contributed by atoms with E-state index in [9.17, 15) is 13.0 Å². The molecule has 5 heteroatoms. The molecule has 0 N–H and O–H groups in total. The van der Waals surface area contributed by atoms with E-state index in [1.807, 2.05) is 6.92 Å². The topological polar surface area (TPSA) is 57.2 Å². The van der Waals surface area contributed by atoms with Crippen molar-refractivity contribution >= 4 is 21.0 Å². The fourth-order valence-corrected chi connectivity index (χ4v) is 6.32. The summed E-state index contributed by atoms with van der Waals surface area (Å²) in [5.74, 6) is 1.45. The summed E-state index contributed by atoms with van der Waals surface area (Å²) in [5, 5.41) is 1.03. The first kappa shape index (κ1) is 24.0. The van der Waals surface area contributed by atoms with Crippen molar-refractivity contribution in [2.45, 2.75) is 80.3 Å². The van der Waals surface area contributed by atoms with Crippen LogP contribution in [0.15, 0.2) is 64.4 Å². The van der Waals surface area contributed by atoms with E-state index in [1.165, 1.54) is 69.3 Å². The van der Waals surface area contributed by atoms with E-state index in [1.54, 1.807) is 17.0 Å². The molecule has 29 heavy (non-hydrogen) atoms. The number of unbranched alkanes of at least 4 members (excludes halogenated alkanes) is 5. The molecule has 1 aliphatic carbocycles. The molecule has 0 spiro atoms. The molecule has 0 heterocycles. The van der Waals surface area contributed by atoms with Crippen molar-refractivity contribution in [2.75, 3.05) is 5.75 Å². The van der Waals surface area contributed by atoms with E-state index in [0.29, 0.717) is 10.9 Å². The van der Waals surface area contributed by atoms with Gasteiger partial charge >= 0.3 is 0 Å². The molecule has 0 amide bonds. The maximum Gasteiger partial charge on any atom is 0.155 e. The minimum absolute atomic E-state index is 0.178. The van der Waals surface area contributed by atoms with Crippen LogP contribution in [0.3, 0.4) is 0 Å². The minimum Gasteiger partial charge on any atom is -0.744 e. The van der Waals surface area contributed by atoms with Gasteiger partial charge in [-0.2, -0.15) is 0 Å². The SMILES string of the molecule is CCCCCCCC[S+](c1ccccc1)C1CC1.Cc1ccc(S(=O)(=O)[O-])cc1. The summed E-state index contributed by atoms with van der Waals surface area (Å²) in [6.45, 7) is 4.11. The molecule has 2 aromatic rings. The summed E-state index contributed by atoms with van der Waals surface area (Å²) in [6.07, 6.45) is 11.5. The Balaban J connectivity index is 0.000000234. The van der Waals surface area contributed by atoms with Gasteiger partial charge in [0, 0.05) is 23.7 Å². The first-order valence-corrected chi connectivity index (χ1v) is 13.6. The van der Waals surface area contributed by atoms with Crippen LogP contribution in [0.5, 0.6) is 0 Å². The fourth-order valence-electron chi connectivity index (χ4n) is 3.17. The fraction of sp³-hybridized carbons (Fsp3) is 0.500. The Kier molecular flexibility index (Phi) is 10.3. The smallest absolute Gasteiger partial charge is 0.155 e. The van der Waals surface area contributed by atoms with Crippen LogP contribution in [0.2, 0.25) is 0 Å². The second-order valence-corrected chi connectivity index (χ2v) is 11.5. The van der Waals surface area contributed by atoms with Gasteiger partial charge in [-0.15, -0.1) is 0 Å². The Bertz CT molecular complexity index is 798. The minimum atomic E-state index is -4.27. The van der Waals surface area contributed by atoms with E-state index in [2.05, 4.69) is 37.3 Å².